The van der Waals surface area contributed by atoms with E-state index < -0.39 is 164 Å². The second-order valence-corrected chi connectivity index (χ2v) is 33.5. The van der Waals surface area contributed by atoms with Gasteiger partial charge in [0, 0.05) is 44.3 Å². The number of carbonyl (C=O) groups is 3. The number of nitrogens with two attached hydrogens (primary N) is 6. The molecule has 6 fully saturated rings. The topological polar surface area (TPSA) is 833 Å². The highest BCUT2D eigenvalue weighted by Crippen LogP contribution is 2.52. The minimum absolute atomic E-state index is 0.0150. The number of alkyl halides is 2. The third kappa shape index (κ3) is 17.7. The van der Waals surface area contributed by atoms with Crippen molar-refractivity contribution in [2.24, 2.45) is 56.8 Å². The lowest BCUT2D eigenvalue weighted by Crippen LogP contribution is -2.37. The fourth-order valence-corrected chi connectivity index (χ4v) is 17.9. The molecule has 6 aliphatic heterocycles. The minimum Gasteiger partial charge on any atom is -0.478 e. The van der Waals surface area contributed by atoms with Crippen LogP contribution in [0.15, 0.2) is 89.7 Å². The Hall–Kier alpha value is -13.0. The van der Waals surface area contributed by atoms with Gasteiger partial charge < -0.3 is 124 Å². The van der Waals surface area contributed by atoms with E-state index in [1.54, 1.807) is 59.7 Å². The zero-order valence-corrected chi connectivity index (χ0v) is 74.0. The van der Waals surface area contributed by atoms with Crippen LogP contribution in [0.4, 0.5) is 43.7 Å². The monoisotopic (exact) mass is 1940 g/mol. The Morgan fingerprint density at radius 3 is 0.896 bits per heavy atom. The number of hydrogen-bond acceptors (Lipinski definition) is 39. The summed E-state index contributed by atoms with van der Waals surface area (Å²) in [7, 11) is 0. The van der Waals surface area contributed by atoms with Crippen LogP contribution in [0.5, 0.6) is 0 Å². The minimum atomic E-state index is -1.56. The molecule has 0 aliphatic carbocycles. The number of carboxylic acids is 3. The fraction of sp³-hybridized carbons (Fsp3) is 0.487. The SMILES string of the molecule is C[C@H]1[C@@H](O)[C@H](c2cc(Cl)c3c(N)ncnn23)O[C@@]1(CO)N=[N+]=[N-].C[C@H]1[C@H](F)[C@H](c2cc(C(=O)O)c3c(N)ncnn23)O[C@@H]1CO.C[C@H]1[C@H](F)[C@H](c2cc(Cl)c3c(N)ncnn23)O[C@@H]1CO.C[C@H]1[C@H](O)[C@H](c2cc(C(=O)O)c3c(N)ncnn23)O[C@@H]1CO.C[C@H]1[C@H](O)[C@H](c2cc(Cl)c3c(N)ncnn23)O[C@@]1(CO)N=[N+]=[N-].C[C@H]1[C@H](c2cc(C(=O)O)c3c(N)ncnn23)O[C@@](CO)(N=[N+]=[N-])[C@H]1C. The molecule has 0 amide bonds. The van der Waals surface area contributed by atoms with Crippen molar-refractivity contribution >= 4 is 121 Å². The van der Waals surface area contributed by atoms with Crippen LogP contribution in [0.2, 0.25) is 15.1 Å². The van der Waals surface area contributed by atoms with E-state index in [1.165, 1.54) is 76.9 Å². The van der Waals surface area contributed by atoms with Crippen LogP contribution in [0.25, 0.3) is 64.4 Å². The fourth-order valence-electron chi connectivity index (χ4n) is 17.1. The summed E-state index contributed by atoms with van der Waals surface area (Å²) >= 11 is 18.4. The van der Waals surface area contributed by atoms with Gasteiger partial charge in [0.25, 0.3) is 0 Å². The maximum Gasteiger partial charge on any atom is 0.338 e. The molecule has 24 atom stereocenters. The van der Waals surface area contributed by atoms with Crippen LogP contribution in [0.1, 0.15) is 150 Å². The Morgan fingerprint density at radius 1 is 0.378 bits per heavy atom. The number of azide groups is 3. The van der Waals surface area contributed by atoms with Crippen molar-refractivity contribution in [2.45, 2.75) is 151 Å². The molecular formula is C76H90Cl3F2N33O21. The molecule has 24 N–H and O–H groups in total. The van der Waals surface area contributed by atoms with Gasteiger partial charge in [-0.15, -0.1) is 0 Å². The van der Waals surface area contributed by atoms with Crippen molar-refractivity contribution in [3.8, 4) is 0 Å². The molecule has 0 saturated carbocycles. The number of ether oxygens (including phenoxy) is 6. The van der Waals surface area contributed by atoms with Crippen LogP contribution >= 0.6 is 34.8 Å². The summed E-state index contributed by atoms with van der Waals surface area (Å²) in [6.07, 6.45) is -5.14. The van der Waals surface area contributed by atoms with Gasteiger partial charge in [-0.2, -0.15) is 30.6 Å². The van der Waals surface area contributed by atoms with E-state index in [1.807, 2.05) is 6.92 Å². The number of nitrogens with zero attached hydrogens (tertiary/aromatic N) is 27. The van der Waals surface area contributed by atoms with Crippen LogP contribution < -0.4 is 34.4 Å². The second-order valence-electron chi connectivity index (χ2n) is 32.2. The highest BCUT2D eigenvalue weighted by molar-refractivity contribution is 6.35. The first-order valence-corrected chi connectivity index (χ1v) is 41.9. The van der Waals surface area contributed by atoms with Gasteiger partial charge in [-0.3, -0.25) is 0 Å². The average Bonchev–Trinajstić information content (AvgIpc) is 1.59. The Balaban J connectivity index is 0.000000137. The zero-order valence-electron chi connectivity index (χ0n) is 71.8. The lowest BCUT2D eigenvalue weighted by Gasteiger charge is -2.25. The number of carboxylic acid groups (broad SMARTS) is 3. The number of anilines is 6. The van der Waals surface area contributed by atoms with Gasteiger partial charge in [-0.1, -0.05) is 98.6 Å². The van der Waals surface area contributed by atoms with Crippen LogP contribution in [0, 0.1) is 41.4 Å². The summed E-state index contributed by atoms with van der Waals surface area (Å²) in [5.74, 6) is -5.95. The number of rotatable bonds is 18. The molecule has 18 heterocycles. The molecule has 6 saturated heterocycles. The van der Waals surface area contributed by atoms with E-state index in [-0.39, 0.29) is 111 Å². The van der Waals surface area contributed by atoms with E-state index in [9.17, 15) is 84.4 Å². The maximum absolute atomic E-state index is 14.5. The molecule has 135 heavy (non-hydrogen) atoms. The number of aliphatic hydroxyl groups excluding tert-OH is 9. The van der Waals surface area contributed by atoms with Crippen molar-refractivity contribution < 1.29 is 113 Å². The standard InChI is InChI=1S/C14H17N7O4.C13H15FN4O4.C13H16N4O5.C12H14ClFN4O2.2C12H14ClN7O3/c1-6-7(2)14(4-22,19-20-16)25-11(6)9-3-8(13(23)24)10-12(15)17-5-18-21(9)10;1-5-8(3-19)22-11(9(5)14)7-2-6(13(20)21)10-12(15)16-4-17-18(7)10;1-5-8(3-18)22-11(10(5)19)7-2-6(13(20)21)9-12(14)15-4-16-17(7)9;1-5-8(3-19)20-11(9(5)14)7-2-6(13)10-12(15)16-4-17-18(7)10;2*1-5-9(22)10(23-12(5,3-21)18-19-15)7-2-6(13)8-11(14)16-4-17-20(7)8/h3,5-7,11,22H,4H2,1-2H3,(H,23,24)(H2,15,17,18);2,4-5,8-9,11,19H,3H2,1H3,(H,20,21)(H2,15,16,17);2,4-5,8,10-11,18-19H,3H2,1H3,(H,20,21)(H2,14,15,16);2,4-5,8-9,11,19H,3H2,1H3,(H2,15,16,17);2*2,4-5,9-10,21-22H,3H2,1H3,(H2,14,16,17)/t6-,7+,11-,14-;5-,8-,9+,11+;5-,8-,10+,11+;5-,8-,9+,11+;5-,9+,10-,12+;5-,9-,10-,12+/m111100/s1. The molecule has 6 aliphatic rings. The summed E-state index contributed by atoms with van der Waals surface area (Å²) in [6.45, 7) is 9.57. The number of hydrogen-bond donors (Lipinski definition) is 18. The normalized spacial score (nSPS) is 29.4. The average molecular weight is 1950 g/mol. The summed E-state index contributed by atoms with van der Waals surface area (Å²) in [5, 5.41) is 152. The van der Waals surface area contributed by atoms with Gasteiger partial charge in [0.15, 0.2) is 52.1 Å². The molecule has 0 spiro atoms. The predicted octanol–water partition coefficient (Wildman–Crippen LogP) is 4.64. The smallest absolute Gasteiger partial charge is 0.338 e. The van der Waals surface area contributed by atoms with Gasteiger partial charge in [0.05, 0.1) is 142 Å². The van der Waals surface area contributed by atoms with Crippen molar-refractivity contribution in [1.82, 2.24) is 87.6 Å². The molecule has 0 bridgehead atoms. The van der Waals surface area contributed by atoms with Crippen molar-refractivity contribution in [3.63, 3.8) is 0 Å². The van der Waals surface area contributed by atoms with Crippen molar-refractivity contribution in [1.29, 1.82) is 0 Å². The van der Waals surface area contributed by atoms with E-state index in [2.05, 4.69) is 90.6 Å². The molecule has 18 rings (SSSR count). The lowest BCUT2D eigenvalue weighted by molar-refractivity contribution is -0.0883. The zero-order chi connectivity index (χ0) is 98.4. The van der Waals surface area contributed by atoms with E-state index in [0.717, 1.165) is 6.33 Å². The molecule has 0 unspecified atom stereocenters. The van der Waals surface area contributed by atoms with Crippen molar-refractivity contribution in [3.05, 3.63) is 172 Å². The summed E-state index contributed by atoms with van der Waals surface area (Å²) in [6, 6.07) is 8.74. The second kappa shape index (κ2) is 39.9. The predicted molar refractivity (Wildman–Crippen MR) is 465 cm³/mol. The first-order chi connectivity index (χ1) is 64.2. The van der Waals surface area contributed by atoms with E-state index in [0.29, 0.717) is 60.1 Å². The van der Waals surface area contributed by atoms with Gasteiger partial charge in [0.2, 0.25) is 0 Å². The summed E-state index contributed by atoms with van der Waals surface area (Å²) in [4.78, 5) is 65.5. The van der Waals surface area contributed by atoms with Gasteiger partial charge in [-0.05, 0) is 64.8 Å². The number of nitrogen functional groups attached to an aromatic ring is 6. The third-order valence-corrected chi connectivity index (χ3v) is 25.9. The molecule has 59 heteroatoms. The van der Waals surface area contributed by atoms with Gasteiger partial charge in [-0.25, -0.2) is 80.2 Å². The number of aromatic nitrogens is 18. The molecule has 0 radical (unpaired) electrons. The highest BCUT2D eigenvalue weighted by atomic mass is 35.5. The van der Waals surface area contributed by atoms with Crippen LogP contribution in [-0.4, -0.2) is 273 Å². The Morgan fingerprint density at radius 2 is 0.622 bits per heavy atom. The molecule has 720 valence electrons. The van der Waals surface area contributed by atoms with E-state index in [4.69, 9.17) is 114 Å². The number of halogens is 5. The number of aliphatic hydroxyl groups is 9. The van der Waals surface area contributed by atoms with E-state index >= 15 is 0 Å². The first-order valence-electron chi connectivity index (χ1n) is 40.8. The Kier molecular flexibility index (Phi) is 29.4. The highest BCUT2D eigenvalue weighted by Gasteiger charge is 2.57. The molecular weight excluding hydrogens is 1860 g/mol. The molecule has 0 aromatic carbocycles. The Labute approximate surface area is 771 Å². The summed E-state index contributed by atoms with van der Waals surface area (Å²) < 4.78 is 71.1. The third-order valence-electron chi connectivity index (χ3n) is 25.0. The maximum atomic E-state index is 14.5. The molecule has 12 aromatic rings. The summed E-state index contributed by atoms with van der Waals surface area (Å²) in [5.41, 5.74) is 60.0. The Bertz CT molecular complexity index is 6360. The lowest BCUT2D eigenvalue weighted by atomic mass is 9.86. The molecule has 12 aromatic heterocycles. The first kappa shape index (κ1) is 99.5. The van der Waals surface area contributed by atoms with Crippen LogP contribution in [-0.2, 0) is 28.4 Å². The number of fused-ring (bicyclic) bond motifs is 6. The largest absolute Gasteiger partial charge is 0.478 e. The molecule has 54 nitrogen and oxygen atoms in total. The van der Waals surface area contributed by atoms with Gasteiger partial charge in [0.1, 0.15) is 120 Å². The number of aromatic carboxylic acids is 3. The van der Waals surface area contributed by atoms with Crippen LogP contribution in [0.3, 0.4) is 0 Å². The van der Waals surface area contributed by atoms with Crippen molar-refractivity contribution in [2.75, 3.05) is 74.0 Å². The quantitative estimate of drug-likeness (QED) is 0.0316. The van der Waals surface area contributed by atoms with Gasteiger partial charge >= 0.3 is 17.9 Å².